The summed E-state index contributed by atoms with van der Waals surface area (Å²) >= 11 is 0. The highest BCUT2D eigenvalue weighted by Gasteiger charge is 2.36. The summed E-state index contributed by atoms with van der Waals surface area (Å²) in [7, 11) is 0. The Balaban J connectivity index is 1.53. The van der Waals surface area contributed by atoms with E-state index in [2.05, 4.69) is 29.8 Å². The monoisotopic (exact) mass is 344 g/mol. The predicted molar refractivity (Wildman–Crippen MR) is 98.3 cm³/mol. The van der Waals surface area contributed by atoms with Crippen molar-refractivity contribution < 1.29 is 9.59 Å². The second kappa shape index (κ2) is 7.76. The quantitative estimate of drug-likeness (QED) is 0.742. The first-order valence-electron chi connectivity index (χ1n) is 9.23. The molecule has 3 amide bonds. The molecule has 1 aliphatic carbocycles. The van der Waals surface area contributed by atoms with Gasteiger partial charge in [-0.3, -0.25) is 4.79 Å². The lowest BCUT2D eigenvalue weighted by atomic mass is 10.2. The third kappa shape index (κ3) is 4.87. The molecule has 3 N–H and O–H groups in total. The van der Waals surface area contributed by atoms with Gasteiger partial charge in [0.2, 0.25) is 5.91 Å². The van der Waals surface area contributed by atoms with E-state index in [-0.39, 0.29) is 18.0 Å². The maximum Gasteiger partial charge on any atom is 0.318 e. The van der Waals surface area contributed by atoms with Crippen LogP contribution in [0.25, 0.3) is 0 Å². The van der Waals surface area contributed by atoms with Crippen molar-refractivity contribution in [3.05, 3.63) is 29.8 Å². The number of amides is 3. The van der Waals surface area contributed by atoms with Crippen molar-refractivity contribution in [2.45, 2.75) is 64.2 Å². The molecule has 1 aromatic rings. The van der Waals surface area contributed by atoms with Gasteiger partial charge in [0.05, 0.1) is 0 Å². The van der Waals surface area contributed by atoms with Gasteiger partial charge in [-0.15, -0.1) is 0 Å². The minimum absolute atomic E-state index is 0.00159. The van der Waals surface area contributed by atoms with E-state index < -0.39 is 0 Å². The molecule has 136 valence electrons. The number of nitrogens with one attached hydrogen (secondary N) is 3. The molecule has 2 fully saturated rings. The van der Waals surface area contributed by atoms with Crippen LogP contribution in [0.1, 0.15) is 45.1 Å². The zero-order valence-electron chi connectivity index (χ0n) is 15.0. The summed E-state index contributed by atoms with van der Waals surface area (Å²) in [6.07, 6.45) is 3.75. The second-order valence-corrected chi connectivity index (χ2v) is 7.29. The van der Waals surface area contributed by atoms with Gasteiger partial charge >= 0.3 is 6.03 Å². The number of nitrogens with zero attached hydrogens (tertiary/aromatic N) is 1. The topological polar surface area (TPSA) is 73.5 Å². The van der Waals surface area contributed by atoms with E-state index in [9.17, 15) is 9.59 Å². The Morgan fingerprint density at radius 2 is 2.04 bits per heavy atom. The molecule has 0 spiro atoms. The van der Waals surface area contributed by atoms with E-state index in [1.54, 1.807) is 4.90 Å². The molecule has 1 aromatic carbocycles. The van der Waals surface area contributed by atoms with E-state index >= 15 is 0 Å². The summed E-state index contributed by atoms with van der Waals surface area (Å²) in [5.41, 5.74) is 2.08. The van der Waals surface area contributed by atoms with E-state index in [1.807, 2.05) is 24.3 Å². The van der Waals surface area contributed by atoms with Gasteiger partial charge in [-0.2, -0.15) is 0 Å². The van der Waals surface area contributed by atoms with Crippen molar-refractivity contribution >= 4 is 17.6 Å². The minimum Gasteiger partial charge on any atom is -0.383 e. The fourth-order valence-electron chi connectivity index (χ4n) is 3.19. The SMILES string of the molecule is CC(C)Nc1cccc(CNC(=O)N2CCC[C@H]2C(=O)NC2CC2)c1. The van der Waals surface area contributed by atoms with Gasteiger partial charge in [-0.1, -0.05) is 12.1 Å². The van der Waals surface area contributed by atoms with Crippen molar-refractivity contribution in [3.63, 3.8) is 0 Å². The van der Waals surface area contributed by atoms with Crippen LogP contribution in [0.4, 0.5) is 10.5 Å². The number of urea groups is 1. The lowest BCUT2D eigenvalue weighted by Gasteiger charge is -2.24. The van der Waals surface area contributed by atoms with Crippen molar-refractivity contribution in [2.24, 2.45) is 0 Å². The first kappa shape index (κ1) is 17.6. The zero-order chi connectivity index (χ0) is 17.8. The highest BCUT2D eigenvalue weighted by molar-refractivity contribution is 5.88. The average molecular weight is 344 g/mol. The summed E-state index contributed by atoms with van der Waals surface area (Å²) in [5, 5.41) is 9.32. The average Bonchev–Trinajstić information content (AvgIpc) is 3.24. The van der Waals surface area contributed by atoms with Crippen LogP contribution in [0.2, 0.25) is 0 Å². The summed E-state index contributed by atoms with van der Waals surface area (Å²) < 4.78 is 0. The fraction of sp³-hybridized carbons (Fsp3) is 0.579. The van der Waals surface area contributed by atoms with Crippen molar-refractivity contribution in [3.8, 4) is 0 Å². The van der Waals surface area contributed by atoms with Gasteiger partial charge < -0.3 is 20.9 Å². The first-order valence-corrected chi connectivity index (χ1v) is 9.23. The molecule has 1 saturated carbocycles. The van der Waals surface area contributed by atoms with Crippen molar-refractivity contribution in [1.82, 2.24) is 15.5 Å². The predicted octanol–water partition coefficient (Wildman–Crippen LogP) is 2.46. The molecule has 0 aromatic heterocycles. The summed E-state index contributed by atoms with van der Waals surface area (Å²) in [4.78, 5) is 26.5. The molecular weight excluding hydrogens is 316 g/mol. The largest absolute Gasteiger partial charge is 0.383 e. The number of hydrogen-bond acceptors (Lipinski definition) is 3. The number of carbonyl (C=O) groups excluding carboxylic acids is 2. The molecule has 1 heterocycles. The number of rotatable bonds is 6. The van der Waals surface area contributed by atoms with Gasteiger partial charge in [-0.05, 0) is 57.2 Å². The van der Waals surface area contributed by atoms with Crippen molar-refractivity contribution in [2.75, 3.05) is 11.9 Å². The van der Waals surface area contributed by atoms with Crippen LogP contribution < -0.4 is 16.0 Å². The van der Waals surface area contributed by atoms with Crippen LogP contribution in [-0.4, -0.2) is 41.5 Å². The molecule has 0 radical (unpaired) electrons. The Kier molecular flexibility index (Phi) is 5.46. The number of hydrogen-bond donors (Lipinski definition) is 3. The Bertz CT molecular complexity index is 628. The molecule has 2 aliphatic rings. The van der Waals surface area contributed by atoms with Gasteiger partial charge in [-0.25, -0.2) is 4.79 Å². The summed E-state index contributed by atoms with van der Waals surface area (Å²) in [5.74, 6) is -0.00159. The third-order valence-corrected chi connectivity index (χ3v) is 4.57. The van der Waals surface area contributed by atoms with Gasteiger partial charge in [0.15, 0.2) is 0 Å². The van der Waals surface area contributed by atoms with Crippen LogP contribution in [-0.2, 0) is 11.3 Å². The maximum absolute atomic E-state index is 12.5. The minimum atomic E-state index is -0.324. The first-order chi connectivity index (χ1) is 12.0. The molecule has 1 saturated heterocycles. The second-order valence-electron chi connectivity index (χ2n) is 7.29. The maximum atomic E-state index is 12.5. The molecule has 6 heteroatoms. The van der Waals surface area contributed by atoms with Crippen LogP contribution in [0.15, 0.2) is 24.3 Å². The van der Waals surface area contributed by atoms with E-state index in [4.69, 9.17) is 0 Å². The van der Waals surface area contributed by atoms with Crippen LogP contribution in [0, 0.1) is 0 Å². The Morgan fingerprint density at radius 1 is 1.24 bits per heavy atom. The van der Waals surface area contributed by atoms with E-state index in [0.29, 0.717) is 25.2 Å². The van der Waals surface area contributed by atoms with Gasteiger partial charge in [0.1, 0.15) is 6.04 Å². The molecular formula is C19H28N4O2. The number of likely N-dealkylation sites (tertiary alicyclic amines) is 1. The molecule has 1 aliphatic heterocycles. The third-order valence-electron chi connectivity index (χ3n) is 4.57. The lowest BCUT2D eigenvalue weighted by molar-refractivity contribution is -0.124. The van der Waals surface area contributed by atoms with E-state index in [0.717, 1.165) is 36.9 Å². The number of anilines is 1. The van der Waals surface area contributed by atoms with Crippen LogP contribution in [0.5, 0.6) is 0 Å². The Morgan fingerprint density at radius 3 is 2.76 bits per heavy atom. The van der Waals surface area contributed by atoms with Crippen LogP contribution in [0.3, 0.4) is 0 Å². The molecule has 25 heavy (non-hydrogen) atoms. The summed E-state index contributed by atoms with van der Waals surface area (Å²) in [6, 6.07) is 8.24. The smallest absolute Gasteiger partial charge is 0.318 e. The van der Waals surface area contributed by atoms with Crippen LogP contribution >= 0.6 is 0 Å². The van der Waals surface area contributed by atoms with Gasteiger partial charge in [0, 0.05) is 30.9 Å². The van der Waals surface area contributed by atoms with Gasteiger partial charge in [0.25, 0.3) is 0 Å². The number of carbonyl (C=O) groups is 2. The lowest BCUT2D eigenvalue weighted by Crippen LogP contribution is -2.49. The molecule has 0 unspecified atom stereocenters. The van der Waals surface area contributed by atoms with E-state index in [1.165, 1.54) is 0 Å². The molecule has 3 rings (SSSR count). The Labute approximate surface area is 149 Å². The molecule has 6 nitrogen and oxygen atoms in total. The summed E-state index contributed by atoms with van der Waals surface area (Å²) in [6.45, 7) is 5.28. The zero-order valence-corrected chi connectivity index (χ0v) is 15.0. The standard InChI is InChI=1S/C19H28N4O2/c1-13(2)21-16-6-3-5-14(11-16)12-20-19(25)23-10-4-7-17(23)18(24)22-15-8-9-15/h3,5-6,11,13,15,17,21H,4,7-10,12H2,1-2H3,(H,20,25)(H,22,24)/t17-/m0/s1. The molecule has 1 atom stereocenters. The number of benzene rings is 1. The highest BCUT2D eigenvalue weighted by atomic mass is 16.2. The van der Waals surface area contributed by atoms with Crippen molar-refractivity contribution in [1.29, 1.82) is 0 Å². The normalized spacial score (nSPS) is 19.8. The molecule has 0 bridgehead atoms. The highest BCUT2D eigenvalue weighted by Crippen LogP contribution is 2.22. The Hall–Kier alpha value is -2.24. The fourth-order valence-corrected chi connectivity index (χ4v) is 3.19.